The van der Waals surface area contributed by atoms with Crippen LogP contribution in [0.1, 0.15) is 58.9 Å². The fraction of sp³-hybridized carbons (Fsp3) is 0.625. The molecule has 2 amide bonds. The van der Waals surface area contributed by atoms with Crippen molar-refractivity contribution in [2.24, 2.45) is 17.3 Å². The second kappa shape index (κ2) is 8.91. The van der Waals surface area contributed by atoms with Gasteiger partial charge < -0.3 is 15.3 Å². The van der Waals surface area contributed by atoms with Crippen LogP contribution in [-0.4, -0.2) is 46.7 Å². The van der Waals surface area contributed by atoms with Gasteiger partial charge in [0.1, 0.15) is 11.8 Å². The van der Waals surface area contributed by atoms with E-state index in [1.165, 1.54) is 0 Å². The normalized spacial score (nSPS) is 26.7. The Kier molecular flexibility index (Phi) is 6.82. The highest BCUT2D eigenvalue weighted by Gasteiger charge is 2.50. The highest BCUT2D eigenvalue weighted by atomic mass is 35.5. The summed E-state index contributed by atoms with van der Waals surface area (Å²) < 4.78 is 0. The molecule has 1 unspecified atom stereocenters. The smallest absolute Gasteiger partial charge is 0.245 e. The van der Waals surface area contributed by atoms with Crippen molar-refractivity contribution in [2.45, 2.75) is 65.0 Å². The molecule has 2 fully saturated rings. The van der Waals surface area contributed by atoms with Crippen molar-refractivity contribution in [1.82, 2.24) is 10.2 Å². The van der Waals surface area contributed by atoms with Crippen LogP contribution in [0.4, 0.5) is 0 Å². The molecule has 1 aromatic carbocycles. The van der Waals surface area contributed by atoms with Gasteiger partial charge in [0.05, 0.1) is 5.60 Å². The topological polar surface area (TPSA) is 86.7 Å². The van der Waals surface area contributed by atoms with E-state index >= 15 is 0 Å². The van der Waals surface area contributed by atoms with Crippen molar-refractivity contribution in [1.29, 1.82) is 0 Å². The molecule has 0 bridgehead atoms. The zero-order valence-corrected chi connectivity index (χ0v) is 19.5. The molecule has 0 spiro atoms. The molecule has 6 nitrogen and oxygen atoms in total. The first-order chi connectivity index (χ1) is 14.4. The summed E-state index contributed by atoms with van der Waals surface area (Å²) in [6, 6.07) is 6.55. The van der Waals surface area contributed by atoms with Crippen LogP contribution in [0, 0.1) is 17.3 Å². The monoisotopic (exact) mass is 448 g/mol. The van der Waals surface area contributed by atoms with Crippen molar-refractivity contribution < 1.29 is 19.5 Å². The number of halogens is 1. The van der Waals surface area contributed by atoms with E-state index in [0.29, 0.717) is 37.4 Å². The van der Waals surface area contributed by atoms with Crippen molar-refractivity contribution in [3.05, 3.63) is 34.9 Å². The highest BCUT2D eigenvalue weighted by molar-refractivity contribution is 6.30. The minimum atomic E-state index is -1.09. The molecule has 1 aliphatic carbocycles. The quantitative estimate of drug-likeness (QED) is 0.723. The molecule has 31 heavy (non-hydrogen) atoms. The van der Waals surface area contributed by atoms with Gasteiger partial charge >= 0.3 is 0 Å². The minimum absolute atomic E-state index is 0.0891. The van der Waals surface area contributed by atoms with Gasteiger partial charge in [-0.25, -0.2) is 0 Å². The summed E-state index contributed by atoms with van der Waals surface area (Å²) in [5.41, 5.74) is -0.901. The summed E-state index contributed by atoms with van der Waals surface area (Å²) in [5.74, 6) is -0.680. The average molecular weight is 449 g/mol. The minimum Gasteiger partial charge on any atom is -0.384 e. The van der Waals surface area contributed by atoms with Gasteiger partial charge in [-0.1, -0.05) is 51.4 Å². The Balaban J connectivity index is 1.73. The van der Waals surface area contributed by atoms with Crippen LogP contribution in [0.3, 0.4) is 0 Å². The summed E-state index contributed by atoms with van der Waals surface area (Å²) in [7, 11) is 0. The Morgan fingerprint density at radius 1 is 1.23 bits per heavy atom. The van der Waals surface area contributed by atoms with E-state index in [0.717, 1.165) is 5.56 Å². The molecule has 0 aromatic heterocycles. The lowest BCUT2D eigenvalue weighted by molar-refractivity contribution is -0.157. The lowest BCUT2D eigenvalue weighted by Crippen LogP contribution is -2.60. The molecule has 2 aliphatic rings. The van der Waals surface area contributed by atoms with Crippen LogP contribution < -0.4 is 5.32 Å². The van der Waals surface area contributed by atoms with E-state index in [9.17, 15) is 19.5 Å². The third-order valence-electron chi connectivity index (χ3n) is 6.93. The standard InChI is InChI=1S/C24H33ClN2O4/c1-15(2)20(26-21(29)16-5-10-19(28)13-16)22(30)27-12-11-24(31,23(3,4)14-27)17-6-8-18(25)9-7-17/h6-9,15-16,20,31H,5,10-14H2,1-4H3,(H,26,29)/t16?,20-,24+/m1/s1. The first-order valence-corrected chi connectivity index (χ1v) is 11.4. The third-order valence-corrected chi connectivity index (χ3v) is 7.18. The number of amides is 2. The zero-order valence-electron chi connectivity index (χ0n) is 18.8. The maximum absolute atomic E-state index is 13.4. The number of carbonyl (C=O) groups is 3. The molecular formula is C24H33ClN2O4. The Morgan fingerprint density at radius 2 is 1.87 bits per heavy atom. The van der Waals surface area contributed by atoms with Crippen molar-refractivity contribution in [3.8, 4) is 0 Å². The number of ketones is 1. The van der Waals surface area contributed by atoms with E-state index in [1.54, 1.807) is 17.0 Å². The van der Waals surface area contributed by atoms with Crippen LogP contribution in [0.2, 0.25) is 5.02 Å². The number of nitrogens with one attached hydrogen (secondary N) is 1. The number of hydrogen-bond acceptors (Lipinski definition) is 4. The van der Waals surface area contributed by atoms with Gasteiger partial charge in [0.25, 0.3) is 0 Å². The Bertz CT molecular complexity index is 852. The molecule has 3 atom stereocenters. The molecule has 170 valence electrons. The lowest BCUT2D eigenvalue weighted by atomic mass is 9.66. The van der Waals surface area contributed by atoms with Gasteiger partial charge in [-0.3, -0.25) is 14.4 Å². The SMILES string of the molecule is CC(C)[C@@H](NC(=O)C1CCC(=O)C1)C(=O)N1CC[C@](O)(c2ccc(Cl)cc2)C(C)(C)C1. The van der Waals surface area contributed by atoms with Crippen LogP contribution >= 0.6 is 11.6 Å². The van der Waals surface area contributed by atoms with Crippen molar-refractivity contribution in [3.63, 3.8) is 0 Å². The number of benzene rings is 1. The molecule has 1 saturated heterocycles. The summed E-state index contributed by atoms with van der Waals surface area (Å²) in [4.78, 5) is 39.3. The molecule has 7 heteroatoms. The largest absolute Gasteiger partial charge is 0.384 e. The first-order valence-electron chi connectivity index (χ1n) is 11.0. The maximum Gasteiger partial charge on any atom is 0.245 e. The fourth-order valence-electron chi connectivity index (χ4n) is 4.79. The van der Waals surface area contributed by atoms with Gasteiger partial charge in [-0.2, -0.15) is 0 Å². The highest BCUT2D eigenvalue weighted by Crippen LogP contribution is 2.46. The zero-order chi connectivity index (χ0) is 23.0. The number of carbonyl (C=O) groups excluding carboxylic acids is 3. The number of Topliss-reactive ketones (excluding diaryl/α,β-unsaturated/α-hetero) is 1. The molecule has 1 aliphatic heterocycles. The number of piperidine rings is 1. The van der Waals surface area contributed by atoms with E-state index in [-0.39, 0.29) is 35.9 Å². The summed E-state index contributed by atoms with van der Waals surface area (Å²) in [6.45, 7) is 8.47. The lowest BCUT2D eigenvalue weighted by Gasteiger charge is -2.51. The summed E-state index contributed by atoms with van der Waals surface area (Å²) in [5, 5.41) is 15.1. The molecular weight excluding hydrogens is 416 g/mol. The van der Waals surface area contributed by atoms with Gasteiger partial charge in [0.15, 0.2) is 0 Å². The fourth-order valence-corrected chi connectivity index (χ4v) is 4.92. The number of hydrogen-bond donors (Lipinski definition) is 2. The number of aliphatic hydroxyl groups is 1. The second-order valence-electron chi connectivity index (χ2n) is 9.97. The maximum atomic E-state index is 13.4. The Labute approximate surface area is 189 Å². The average Bonchev–Trinajstić information content (AvgIpc) is 3.14. The van der Waals surface area contributed by atoms with Crippen LogP contribution in [0.15, 0.2) is 24.3 Å². The van der Waals surface area contributed by atoms with Crippen molar-refractivity contribution >= 4 is 29.2 Å². The third kappa shape index (κ3) is 4.80. The van der Waals surface area contributed by atoms with Crippen molar-refractivity contribution in [2.75, 3.05) is 13.1 Å². The van der Waals surface area contributed by atoms with Crippen LogP contribution in [0.5, 0.6) is 0 Å². The Hall–Kier alpha value is -1.92. The number of nitrogens with zero attached hydrogens (tertiary/aromatic N) is 1. The molecule has 2 N–H and O–H groups in total. The van der Waals surface area contributed by atoms with E-state index in [1.807, 2.05) is 39.8 Å². The number of likely N-dealkylation sites (tertiary alicyclic amines) is 1. The van der Waals surface area contributed by atoms with E-state index in [2.05, 4.69) is 5.32 Å². The number of rotatable bonds is 5. The summed E-state index contributed by atoms with van der Waals surface area (Å²) in [6.07, 6.45) is 1.63. The van der Waals surface area contributed by atoms with Crippen LogP contribution in [-0.2, 0) is 20.0 Å². The predicted molar refractivity (Wildman–Crippen MR) is 119 cm³/mol. The van der Waals surface area contributed by atoms with Crippen LogP contribution in [0.25, 0.3) is 0 Å². The molecule has 1 aromatic rings. The molecule has 1 saturated carbocycles. The van der Waals surface area contributed by atoms with Gasteiger partial charge in [-0.15, -0.1) is 0 Å². The van der Waals surface area contributed by atoms with E-state index in [4.69, 9.17) is 11.6 Å². The predicted octanol–water partition coefficient (Wildman–Crippen LogP) is 3.30. The Morgan fingerprint density at radius 3 is 2.39 bits per heavy atom. The molecule has 0 radical (unpaired) electrons. The second-order valence-corrected chi connectivity index (χ2v) is 10.4. The first kappa shape index (κ1) is 23.7. The van der Waals surface area contributed by atoms with Gasteiger partial charge in [0, 0.05) is 42.3 Å². The molecule has 1 heterocycles. The van der Waals surface area contributed by atoms with Gasteiger partial charge in [0.2, 0.25) is 11.8 Å². The van der Waals surface area contributed by atoms with Gasteiger partial charge in [-0.05, 0) is 36.5 Å². The van der Waals surface area contributed by atoms with E-state index < -0.39 is 17.1 Å². The molecule has 3 rings (SSSR count). The summed E-state index contributed by atoms with van der Waals surface area (Å²) >= 11 is 6.01.